The van der Waals surface area contributed by atoms with Crippen LogP contribution in [0.25, 0.3) is 11.1 Å². The standard InChI is InChI=1S/C31H39F3O3/c1-4-24(27(32)15-18-36-2)21-7-5-20(6-8-21)19-31(16-17-31)30(35)26-14-13-25(28(33)29(26)34)22-9-11-23(37-3)12-10-22/h4,9-14,20-21,27,30,35H,5-8,15-19H2,1-3H3/b24-4-. The zero-order valence-corrected chi connectivity index (χ0v) is 22.1. The highest BCUT2D eigenvalue weighted by Gasteiger charge is 2.51. The zero-order chi connectivity index (χ0) is 26.6. The van der Waals surface area contributed by atoms with E-state index in [2.05, 4.69) is 0 Å². The number of methoxy groups -OCH3 is 2. The van der Waals surface area contributed by atoms with Gasteiger partial charge in [-0.1, -0.05) is 30.3 Å². The van der Waals surface area contributed by atoms with Crippen LogP contribution in [0.5, 0.6) is 5.75 Å². The molecule has 0 aliphatic heterocycles. The lowest BCUT2D eigenvalue weighted by Gasteiger charge is -2.34. The molecule has 0 spiro atoms. The van der Waals surface area contributed by atoms with Crippen LogP contribution in [-0.2, 0) is 4.74 Å². The first kappa shape index (κ1) is 27.7. The van der Waals surface area contributed by atoms with Crippen molar-refractivity contribution in [2.75, 3.05) is 20.8 Å². The summed E-state index contributed by atoms with van der Waals surface area (Å²) in [4.78, 5) is 0. The Morgan fingerprint density at radius 2 is 1.70 bits per heavy atom. The molecule has 4 rings (SSSR count). The van der Waals surface area contributed by atoms with E-state index in [1.165, 1.54) is 6.07 Å². The number of ether oxygens (including phenoxy) is 2. The first-order valence-electron chi connectivity index (χ1n) is 13.4. The van der Waals surface area contributed by atoms with Gasteiger partial charge in [-0.05, 0) is 87.0 Å². The number of hydrogen-bond donors (Lipinski definition) is 1. The molecule has 2 aliphatic rings. The van der Waals surface area contributed by atoms with Crippen molar-refractivity contribution in [1.82, 2.24) is 0 Å². The van der Waals surface area contributed by atoms with Gasteiger partial charge in [-0.25, -0.2) is 13.2 Å². The Morgan fingerprint density at radius 1 is 1.03 bits per heavy atom. The first-order chi connectivity index (χ1) is 17.8. The second kappa shape index (κ2) is 12.0. The normalized spacial score (nSPS) is 22.9. The van der Waals surface area contributed by atoms with Gasteiger partial charge >= 0.3 is 0 Å². The van der Waals surface area contributed by atoms with Crippen molar-refractivity contribution in [1.29, 1.82) is 0 Å². The highest BCUT2D eigenvalue weighted by molar-refractivity contribution is 5.65. The number of aliphatic hydroxyl groups is 1. The summed E-state index contributed by atoms with van der Waals surface area (Å²) in [5.74, 6) is -0.635. The summed E-state index contributed by atoms with van der Waals surface area (Å²) in [6.07, 6.45) is 6.44. The summed E-state index contributed by atoms with van der Waals surface area (Å²) in [5.41, 5.74) is 1.23. The van der Waals surface area contributed by atoms with Gasteiger partial charge < -0.3 is 14.6 Å². The summed E-state index contributed by atoms with van der Waals surface area (Å²) >= 11 is 0. The van der Waals surface area contributed by atoms with Crippen molar-refractivity contribution in [3.63, 3.8) is 0 Å². The molecule has 2 fully saturated rings. The van der Waals surface area contributed by atoms with Gasteiger partial charge in [0.25, 0.3) is 0 Å². The number of benzene rings is 2. The summed E-state index contributed by atoms with van der Waals surface area (Å²) in [6, 6.07) is 9.86. The smallest absolute Gasteiger partial charge is 0.167 e. The number of aliphatic hydroxyl groups excluding tert-OH is 1. The second-order valence-electron chi connectivity index (χ2n) is 10.8. The van der Waals surface area contributed by atoms with Gasteiger partial charge in [0, 0.05) is 36.7 Å². The van der Waals surface area contributed by atoms with E-state index < -0.39 is 29.3 Å². The average molecular weight is 517 g/mol. The average Bonchev–Trinajstić information content (AvgIpc) is 3.70. The number of rotatable bonds is 11. The minimum Gasteiger partial charge on any atom is -0.497 e. The maximum atomic E-state index is 15.2. The summed E-state index contributed by atoms with van der Waals surface area (Å²) < 4.78 is 55.2. The molecule has 2 unspecified atom stereocenters. The van der Waals surface area contributed by atoms with Crippen molar-refractivity contribution in [2.45, 2.75) is 70.6 Å². The number of allylic oxidation sites excluding steroid dienone is 2. The third-order valence-electron chi connectivity index (χ3n) is 8.56. The molecule has 6 heteroatoms. The van der Waals surface area contributed by atoms with Crippen molar-refractivity contribution < 1.29 is 27.8 Å². The van der Waals surface area contributed by atoms with E-state index in [0.29, 0.717) is 30.3 Å². The summed E-state index contributed by atoms with van der Waals surface area (Å²) in [6.45, 7) is 2.32. The van der Waals surface area contributed by atoms with Gasteiger partial charge in [-0.15, -0.1) is 0 Å². The predicted octanol–water partition coefficient (Wildman–Crippen LogP) is 7.97. The molecular formula is C31H39F3O3. The third kappa shape index (κ3) is 6.06. The van der Waals surface area contributed by atoms with Crippen LogP contribution in [0.1, 0.15) is 70.0 Å². The van der Waals surface area contributed by atoms with E-state index in [0.717, 1.165) is 50.5 Å². The second-order valence-corrected chi connectivity index (χ2v) is 10.8. The molecule has 0 aromatic heterocycles. The molecule has 0 radical (unpaired) electrons. The van der Waals surface area contributed by atoms with Gasteiger partial charge in [0.1, 0.15) is 11.9 Å². The molecule has 2 saturated carbocycles. The van der Waals surface area contributed by atoms with Gasteiger partial charge in [-0.2, -0.15) is 0 Å². The van der Waals surface area contributed by atoms with E-state index in [1.807, 2.05) is 13.0 Å². The van der Waals surface area contributed by atoms with Gasteiger partial charge in [0.15, 0.2) is 11.6 Å². The molecule has 2 aromatic rings. The summed E-state index contributed by atoms with van der Waals surface area (Å²) in [5, 5.41) is 11.2. The lowest BCUT2D eigenvalue weighted by atomic mass is 9.72. The van der Waals surface area contributed by atoms with Gasteiger partial charge in [-0.3, -0.25) is 0 Å². The molecule has 1 N–H and O–H groups in total. The topological polar surface area (TPSA) is 38.7 Å². The Morgan fingerprint density at radius 3 is 2.27 bits per heavy atom. The molecule has 0 amide bonds. The maximum Gasteiger partial charge on any atom is 0.167 e. The lowest BCUT2D eigenvalue weighted by Crippen LogP contribution is -2.25. The van der Waals surface area contributed by atoms with Gasteiger partial charge in [0.05, 0.1) is 13.2 Å². The highest BCUT2D eigenvalue weighted by Crippen LogP contribution is 2.60. The molecule has 0 bridgehead atoms. The Labute approximate surface area is 218 Å². The maximum absolute atomic E-state index is 15.2. The first-order valence-corrected chi connectivity index (χ1v) is 13.4. The molecule has 2 aliphatic carbocycles. The zero-order valence-electron chi connectivity index (χ0n) is 22.1. The van der Waals surface area contributed by atoms with Crippen LogP contribution in [0.4, 0.5) is 13.2 Å². The highest BCUT2D eigenvalue weighted by atomic mass is 19.2. The minimum atomic E-state index is -1.04. The Kier molecular flexibility index (Phi) is 9.02. The Bertz CT molecular complexity index is 1070. The fourth-order valence-corrected chi connectivity index (χ4v) is 6.18. The molecule has 2 aromatic carbocycles. The predicted molar refractivity (Wildman–Crippen MR) is 140 cm³/mol. The van der Waals surface area contributed by atoms with Crippen LogP contribution in [0.2, 0.25) is 0 Å². The van der Waals surface area contributed by atoms with E-state index in [4.69, 9.17) is 9.47 Å². The van der Waals surface area contributed by atoms with Crippen molar-refractivity contribution >= 4 is 0 Å². The Hall–Kier alpha value is -2.31. The van der Waals surface area contributed by atoms with E-state index >= 15 is 8.78 Å². The monoisotopic (exact) mass is 516 g/mol. The van der Waals surface area contributed by atoms with Crippen LogP contribution >= 0.6 is 0 Å². The van der Waals surface area contributed by atoms with Crippen LogP contribution in [-0.4, -0.2) is 32.1 Å². The van der Waals surface area contributed by atoms with Crippen LogP contribution in [0, 0.1) is 28.9 Å². The quantitative estimate of drug-likeness (QED) is 0.308. The molecule has 202 valence electrons. The van der Waals surface area contributed by atoms with Crippen LogP contribution in [0.15, 0.2) is 48.0 Å². The minimum absolute atomic E-state index is 0.0376. The SMILES string of the molecule is C/C=C(\C(F)CCOC)C1CCC(CC2(C(O)c3ccc(-c4ccc(OC)cc4)c(F)c3F)CC2)CC1. The number of halogens is 3. The van der Waals surface area contributed by atoms with E-state index in [1.54, 1.807) is 44.6 Å². The number of alkyl halides is 1. The number of hydrogen-bond acceptors (Lipinski definition) is 3. The fraction of sp³-hybridized carbons (Fsp3) is 0.548. The van der Waals surface area contributed by atoms with Crippen molar-refractivity contribution in [3.8, 4) is 16.9 Å². The molecule has 3 nitrogen and oxygen atoms in total. The van der Waals surface area contributed by atoms with E-state index in [-0.39, 0.29) is 17.0 Å². The molecule has 37 heavy (non-hydrogen) atoms. The third-order valence-corrected chi connectivity index (χ3v) is 8.56. The van der Waals surface area contributed by atoms with E-state index in [9.17, 15) is 9.50 Å². The molecule has 2 atom stereocenters. The molecule has 0 heterocycles. The van der Waals surface area contributed by atoms with Crippen molar-refractivity contribution in [2.24, 2.45) is 17.3 Å². The molecule has 0 saturated heterocycles. The van der Waals surface area contributed by atoms with Crippen LogP contribution < -0.4 is 4.74 Å². The Balaban J connectivity index is 1.40. The lowest BCUT2D eigenvalue weighted by molar-refractivity contribution is 0.0644. The van der Waals surface area contributed by atoms with Crippen LogP contribution in [0.3, 0.4) is 0 Å². The largest absolute Gasteiger partial charge is 0.497 e. The molecular weight excluding hydrogens is 477 g/mol. The van der Waals surface area contributed by atoms with Crippen molar-refractivity contribution in [3.05, 3.63) is 65.2 Å². The fourth-order valence-electron chi connectivity index (χ4n) is 6.18. The van der Waals surface area contributed by atoms with Gasteiger partial charge in [0.2, 0.25) is 0 Å². The summed E-state index contributed by atoms with van der Waals surface area (Å²) in [7, 11) is 3.14.